The lowest BCUT2D eigenvalue weighted by Crippen LogP contribution is -2.31. The van der Waals surface area contributed by atoms with Gasteiger partial charge in [0.1, 0.15) is 0 Å². The van der Waals surface area contributed by atoms with Crippen molar-refractivity contribution in [3.8, 4) is 0 Å². The number of benzene rings is 1. The molecular formula is C14H22O2S. The first kappa shape index (κ1) is 14.6. The molecule has 3 heteroatoms. The second-order valence-electron chi connectivity index (χ2n) is 4.41. The lowest BCUT2D eigenvalue weighted by molar-refractivity contribution is 0.0734. The molecule has 17 heavy (non-hydrogen) atoms. The Hall–Kier alpha value is -0.510. The zero-order chi connectivity index (χ0) is 12.7. The summed E-state index contributed by atoms with van der Waals surface area (Å²) in [5.74, 6) is -0.0669. The van der Waals surface area contributed by atoms with Gasteiger partial charge in [0.2, 0.25) is 0 Å². The molecule has 0 saturated heterocycles. The van der Waals surface area contributed by atoms with Crippen molar-refractivity contribution in [3.05, 3.63) is 30.3 Å². The summed E-state index contributed by atoms with van der Waals surface area (Å²) >= 11 is 1.70. The van der Waals surface area contributed by atoms with Crippen molar-refractivity contribution in [1.82, 2.24) is 0 Å². The lowest BCUT2D eigenvalue weighted by Gasteiger charge is -2.26. The maximum absolute atomic E-state index is 10.2. The Morgan fingerprint density at radius 2 is 1.88 bits per heavy atom. The van der Waals surface area contributed by atoms with Crippen molar-refractivity contribution in [2.24, 2.45) is 5.92 Å². The van der Waals surface area contributed by atoms with Gasteiger partial charge in [-0.05, 0) is 18.6 Å². The molecule has 3 atom stereocenters. The Kier molecular flexibility index (Phi) is 6.63. The van der Waals surface area contributed by atoms with Gasteiger partial charge in [0.05, 0.1) is 6.10 Å². The van der Waals surface area contributed by atoms with Crippen molar-refractivity contribution in [1.29, 1.82) is 0 Å². The van der Waals surface area contributed by atoms with E-state index in [1.807, 2.05) is 25.1 Å². The van der Waals surface area contributed by atoms with E-state index >= 15 is 0 Å². The molecule has 0 aliphatic carbocycles. The topological polar surface area (TPSA) is 40.5 Å². The van der Waals surface area contributed by atoms with E-state index in [0.29, 0.717) is 0 Å². The molecule has 0 fully saturated rings. The van der Waals surface area contributed by atoms with Gasteiger partial charge >= 0.3 is 0 Å². The Bertz CT molecular complexity index is 302. The molecule has 0 bridgehead atoms. The first-order valence-corrected chi connectivity index (χ1v) is 7.07. The lowest BCUT2D eigenvalue weighted by atomic mass is 10.0. The molecule has 0 aromatic heterocycles. The van der Waals surface area contributed by atoms with Gasteiger partial charge in [-0.1, -0.05) is 38.5 Å². The molecule has 0 spiro atoms. The van der Waals surface area contributed by atoms with Crippen LogP contribution in [0.3, 0.4) is 0 Å². The van der Waals surface area contributed by atoms with E-state index in [1.54, 1.807) is 11.8 Å². The van der Waals surface area contributed by atoms with Crippen molar-refractivity contribution >= 4 is 11.8 Å². The molecule has 0 radical (unpaired) electrons. The van der Waals surface area contributed by atoms with Crippen molar-refractivity contribution in [3.63, 3.8) is 0 Å². The average Bonchev–Trinajstić information content (AvgIpc) is 2.37. The summed E-state index contributed by atoms with van der Waals surface area (Å²) in [7, 11) is 0. The van der Waals surface area contributed by atoms with Gasteiger partial charge < -0.3 is 10.2 Å². The van der Waals surface area contributed by atoms with Crippen LogP contribution < -0.4 is 0 Å². The molecule has 0 heterocycles. The summed E-state index contributed by atoms with van der Waals surface area (Å²) in [6, 6.07) is 10.1. The van der Waals surface area contributed by atoms with Crippen LogP contribution in [0.15, 0.2) is 35.2 Å². The number of hydrogen-bond acceptors (Lipinski definition) is 3. The fourth-order valence-corrected chi connectivity index (χ4v) is 3.16. The zero-order valence-electron chi connectivity index (χ0n) is 10.5. The van der Waals surface area contributed by atoms with Crippen molar-refractivity contribution in [2.45, 2.75) is 42.9 Å². The zero-order valence-corrected chi connectivity index (χ0v) is 11.4. The van der Waals surface area contributed by atoms with Gasteiger partial charge in [-0.15, -0.1) is 11.8 Å². The molecule has 96 valence electrons. The highest BCUT2D eigenvalue weighted by Crippen LogP contribution is 2.30. The third kappa shape index (κ3) is 4.70. The van der Waals surface area contributed by atoms with Crippen LogP contribution in [-0.2, 0) is 0 Å². The Balaban J connectivity index is 2.66. The normalized spacial score (nSPS) is 16.5. The van der Waals surface area contributed by atoms with Crippen LogP contribution in [0.25, 0.3) is 0 Å². The fourth-order valence-electron chi connectivity index (χ4n) is 1.73. The van der Waals surface area contributed by atoms with Crippen LogP contribution >= 0.6 is 11.8 Å². The molecule has 0 aliphatic heterocycles. The molecule has 2 nitrogen and oxygen atoms in total. The molecule has 0 saturated carbocycles. The van der Waals surface area contributed by atoms with Crippen LogP contribution in [-0.4, -0.2) is 28.2 Å². The van der Waals surface area contributed by atoms with Crippen LogP contribution in [0.2, 0.25) is 0 Å². The molecule has 0 amide bonds. The number of aliphatic hydroxyl groups excluding tert-OH is 2. The summed E-state index contributed by atoms with van der Waals surface area (Å²) < 4.78 is 0. The van der Waals surface area contributed by atoms with Crippen LogP contribution in [0.1, 0.15) is 26.7 Å². The van der Waals surface area contributed by atoms with Crippen LogP contribution in [0.5, 0.6) is 0 Å². The van der Waals surface area contributed by atoms with E-state index in [4.69, 9.17) is 5.11 Å². The van der Waals surface area contributed by atoms with Crippen LogP contribution in [0, 0.1) is 5.92 Å². The average molecular weight is 254 g/mol. The molecule has 0 unspecified atom stereocenters. The first-order valence-electron chi connectivity index (χ1n) is 6.19. The predicted molar refractivity (Wildman–Crippen MR) is 73.3 cm³/mol. The SMILES string of the molecule is CCC[C@H](Sc1ccccc1)[C@H](O)[C@H](C)CO. The first-order chi connectivity index (χ1) is 8.19. The largest absolute Gasteiger partial charge is 0.396 e. The fraction of sp³-hybridized carbons (Fsp3) is 0.571. The Morgan fingerprint density at radius 3 is 2.41 bits per heavy atom. The predicted octanol–water partition coefficient (Wildman–Crippen LogP) is 2.94. The van der Waals surface area contributed by atoms with Crippen molar-refractivity contribution < 1.29 is 10.2 Å². The van der Waals surface area contributed by atoms with Gasteiger partial charge in [-0.2, -0.15) is 0 Å². The molecule has 1 rings (SSSR count). The van der Waals surface area contributed by atoms with Gasteiger partial charge in [0, 0.05) is 22.7 Å². The summed E-state index contributed by atoms with van der Waals surface area (Å²) in [5.41, 5.74) is 0. The van der Waals surface area contributed by atoms with Crippen molar-refractivity contribution in [2.75, 3.05) is 6.61 Å². The second kappa shape index (κ2) is 7.75. The number of hydrogen-bond donors (Lipinski definition) is 2. The standard InChI is InChI=1S/C14H22O2S/c1-3-7-13(14(16)11(2)10-15)17-12-8-5-4-6-9-12/h4-6,8-9,11,13-16H,3,7,10H2,1-2H3/t11-,13+,14-/m1/s1. The third-order valence-electron chi connectivity index (χ3n) is 2.86. The van der Waals surface area contributed by atoms with Gasteiger partial charge in [0.15, 0.2) is 0 Å². The highest BCUT2D eigenvalue weighted by atomic mass is 32.2. The Labute approximate surface area is 108 Å². The molecular weight excluding hydrogens is 232 g/mol. The Morgan fingerprint density at radius 1 is 1.24 bits per heavy atom. The summed E-state index contributed by atoms with van der Waals surface area (Å²) in [6.07, 6.45) is 1.55. The summed E-state index contributed by atoms with van der Waals surface area (Å²) in [4.78, 5) is 1.18. The van der Waals surface area contributed by atoms with E-state index in [0.717, 1.165) is 12.8 Å². The number of rotatable bonds is 7. The minimum Gasteiger partial charge on any atom is -0.396 e. The molecule has 0 aliphatic rings. The monoisotopic (exact) mass is 254 g/mol. The minimum absolute atomic E-state index is 0.0384. The summed E-state index contributed by atoms with van der Waals surface area (Å²) in [6.45, 7) is 4.05. The highest BCUT2D eigenvalue weighted by molar-refractivity contribution is 8.00. The van der Waals surface area contributed by atoms with E-state index < -0.39 is 6.10 Å². The smallest absolute Gasteiger partial charge is 0.0709 e. The second-order valence-corrected chi connectivity index (χ2v) is 5.72. The molecule has 1 aromatic carbocycles. The van der Waals surface area contributed by atoms with E-state index in [-0.39, 0.29) is 17.8 Å². The van der Waals surface area contributed by atoms with Gasteiger partial charge in [0.25, 0.3) is 0 Å². The minimum atomic E-state index is -0.454. The van der Waals surface area contributed by atoms with Gasteiger partial charge in [-0.25, -0.2) is 0 Å². The maximum Gasteiger partial charge on any atom is 0.0709 e. The molecule has 2 N–H and O–H groups in total. The highest BCUT2D eigenvalue weighted by Gasteiger charge is 2.24. The van der Waals surface area contributed by atoms with Crippen LogP contribution in [0.4, 0.5) is 0 Å². The maximum atomic E-state index is 10.2. The number of aliphatic hydroxyl groups is 2. The van der Waals surface area contributed by atoms with E-state index in [2.05, 4.69) is 19.1 Å². The third-order valence-corrected chi connectivity index (χ3v) is 4.22. The number of thioether (sulfide) groups is 1. The van der Waals surface area contributed by atoms with E-state index in [9.17, 15) is 5.11 Å². The van der Waals surface area contributed by atoms with Gasteiger partial charge in [-0.3, -0.25) is 0 Å². The molecule has 1 aromatic rings. The quantitative estimate of drug-likeness (QED) is 0.735. The summed E-state index contributed by atoms with van der Waals surface area (Å²) in [5, 5.41) is 19.5. The van der Waals surface area contributed by atoms with E-state index in [1.165, 1.54) is 4.90 Å².